The summed E-state index contributed by atoms with van der Waals surface area (Å²) < 4.78 is 2.26. The number of hydrogen-bond acceptors (Lipinski definition) is 1. The first-order valence-corrected chi connectivity index (χ1v) is 6.32. The highest BCUT2D eigenvalue weighted by Gasteiger charge is 2.19. The number of rotatable bonds is 3. The zero-order valence-electron chi connectivity index (χ0n) is 10.1. The number of fused-ring (bicyclic) bond motifs is 1. The Morgan fingerprint density at radius 2 is 2.24 bits per heavy atom. The second-order valence-corrected chi connectivity index (χ2v) is 5.17. The van der Waals surface area contributed by atoms with Gasteiger partial charge in [-0.1, -0.05) is 18.6 Å². The molecule has 0 radical (unpaired) electrons. The SMILES string of the molecule is Cc1ccc2c(C=O)cn(CC3CCC3)c2c1. The fourth-order valence-electron chi connectivity index (χ4n) is 2.63. The van der Waals surface area contributed by atoms with Crippen LogP contribution in [0.15, 0.2) is 24.4 Å². The molecule has 0 aliphatic heterocycles. The predicted octanol–water partition coefficient (Wildman–Crippen LogP) is 3.56. The van der Waals surface area contributed by atoms with Crippen LogP contribution in [0, 0.1) is 12.8 Å². The summed E-state index contributed by atoms with van der Waals surface area (Å²) in [6, 6.07) is 6.32. The van der Waals surface area contributed by atoms with Gasteiger partial charge in [-0.05, 0) is 37.3 Å². The Labute approximate surface area is 101 Å². The largest absolute Gasteiger partial charge is 0.346 e. The number of hydrogen-bond donors (Lipinski definition) is 0. The second kappa shape index (κ2) is 4.02. The highest BCUT2D eigenvalue weighted by molar-refractivity contribution is 5.97. The summed E-state index contributed by atoms with van der Waals surface area (Å²) in [6.45, 7) is 3.16. The highest BCUT2D eigenvalue weighted by atomic mass is 16.1. The first kappa shape index (κ1) is 10.6. The van der Waals surface area contributed by atoms with Gasteiger partial charge in [0.05, 0.1) is 0 Å². The van der Waals surface area contributed by atoms with Gasteiger partial charge in [0.2, 0.25) is 0 Å². The number of aryl methyl sites for hydroxylation is 1. The van der Waals surface area contributed by atoms with Crippen LogP contribution in [-0.2, 0) is 6.54 Å². The zero-order valence-corrected chi connectivity index (χ0v) is 10.1. The molecule has 3 rings (SSSR count). The van der Waals surface area contributed by atoms with Crippen LogP contribution in [0.1, 0.15) is 35.2 Å². The Hall–Kier alpha value is -1.57. The number of carbonyl (C=O) groups is 1. The molecule has 0 bridgehead atoms. The Morgan fingerprint density at radius 1 is 1.41 bits per heavy atom. The van der Waals surface area contributed by atoms with E-state index in [-0.39, 0.29) is 0 Å². The first-order valence-electron chi connectivity index (χ1n) is 6.32. The molecule has 0 saturated heterocycles. The fourth-order valence-corrected chi connectivity index (χ4v) is 2.63. The smallest absolute Gasteiger partial charge is 0.152 e. The van der Waals surface area contributed by atoms with Crippen LogP contribution in [0.5, 0.6) is 0 Å². The Kier molecular flexibility index (Phi) is 2.50. The quantitative estimate of drug-likeness (QED) is 0.735. The summed E-state index contributed by atoms with van der Waals surface area (Å²) in [7, 11) is 0. The molecule has 0 N–H and O–H groups in total. The Bertz CT molecular complexity index is 564. The molecular weight excluding hydrogens is 210 g/mol. The molecule has 0 atom stereocenters. The van der Waals surface area contributed by atoms with E-state index in [4.69, 9.17) is 0 Å². The van der Waals surface area contributed by atoms with E-state index < -0.39 is 0 Å². The lowest BCUT2D eigenvalue weighted by Gasteiger charge is -2.26. The van der Waals surface area contributed by atoms with Crippen molar-refractivity contribution in [2.24, 2.45) is 5.92 Å². The van der Waals surface area contributed by atoms with Crippen LogP contribution in [0.3, 0.4) is 0 Å². The maximum atomic E-state index is 11.1. The summed E-state index contributed by atoms with van der Waals surface area (Å²) in [5.74, 6) is 0.811. The normalized spacial score (nSPS) is 16.1. The van der Waals surface area contributed by atoms with E-state index >= 15 is 0 Å². The van der Waals surface area contributed by atoms with Crippen molar-refractivity contribution in [1.29, 1.82) is 0 Å². The van der Waals surface area contributed by atoms with Crippen LogP contribution >= 0.6 is 0 Å². The van der Waals surface area contributed by atoms with Crippen LogP contribution in [0.2, 0.25) is 0 Å². The fraction of sp³-hybridized carbons (Fsp3) is 0.400. The molecule has 2 nitrogen and oxygen atoms in total. The molecular formula is C15H17NO. The van der Waals surface area contributed by atoms with Crippen molar-refractivity contribution >= 4 is 17.2 Å². The molecule has 1 fully saturated rings. The predicted molar refractivity (Wildman–Crippen MR) is 69.4 cm³/mol. The molecule has 1 aromatic heterocycles. The van der Waals surface area contributed by atoms with Gasteiger partial charge in [-0.2, -0.15) is 0 Å². The number of aromatic nitrogens is 1. The Morgan fingerprint density at radius 3 is 2.88 bits per heavy atom. The zero-order chi connectivity index (χ0) is 11.8. The van der Waals surface area contributed by atoms with Crippen molar-refractivity contribution in [3.05, 3.63) is 35.5 Å². The van der Waals surface area contributed by atoms with Gasteiger partial charge in [-0.3, -0.25) is 4.79 Å². The number of aldehydes is 1. The standard InChI is InChI=1S/C15H17NO/c1-11-5-6-14-13(10-17)9-16(15(14)7-11)8-12-3-2-4-12/h5-7,9-10,12H,2-4,8H2,1H3. The first-order chi connectivity index (χ1) is 8.28. The number of carbonyl (C=O) groups excluding carboxylic acids is 1. The summed E-state index contributed by atoms with van der Waals surface area (Å²) in [5, 5.41) is 1.09. The molecule has 1 aliphatic carbocycles. The van der Waals surface area contributed by atoms with Crippen LogP contribution in [-0.4, -0.2) is 10.9 Å². The molecule has 1 heterocycles. The van der Waals surface area contributed by atoms with E-state index in [0.717, 1.165) is 29.7 Å². The van der Waals surface area contributed by atoms with E-state index in [2.05, 4.69) is 29.7 Å². The van der Waals surface area contributed by atoms with Gasteiger partial charge in [0.15, 0.2) is 6.29 Å². The second-order valence-electron chi connectivity index (χ2n) is 5.17. The molecule has 1 aliphatic rings. The molecule has 2 heteroatoms. The van der Waals surface area contributed by atoms with Crippen molar-refractivity contribution in [2.45, 2.75) is 32.7 Å². The minimum atomic E-state index is 0.811. The van der Waals surface area contributed by atoms with Crippen LogP contribution in [0.25, 0.3) is 10.9 Å². The summed E-state index contributed by atoms with van der Waals surface area (Å²) >= 11 is 0. The molecule has 88 valence electrons. The summed E-state index contributed by atoms with van der Waals surface area (Å²) in [4.78, 5) is 11.1. The van der Waals surface area contributed by atoms with Crippen LogP contribution in [0.4, 0.5) is 0 Å². The average molecular weight is 227 g/mol. The van der Waals surface area contributed by atoms with Gasteiger partial charge in [-0.25, -0.2) is 0 Å². The van der Waals surface area contributed by atoms with E-state index in [1.54, 1.807) is 0 Å². The minimum absolute atomic E-state index is 0.811. The average Bonchev–Trinajstić information content (AvgIpc) is 2.61. The molecule has 0 amide bonds. The van der Waals surface area contributed by atoms with Crippen molar-refractivity contribution in [1.82, 2.24) is 4.57 Å². The van der Waals surface area contributed by atoms with Gasteiger partial charge in [0.1, 0.15) is 0 Å². The maximum absolute atomic E-state index is 11.1. The van der Waals surface area contributed by atoms with Crippen molar-refractivity contribution in [2.75, 3.05) is 0 Å². The number of nitrogens with zero attached hydrogens (tertiary/aromatic N) is 1. The lowest BCUT2D eigenvalue weighted by Crippen LogP contribution is -2.17. The maximum Gasteiger partial charge on any atom is 0.152 e. The minimum Gasteiger partial charge on any atom is -0.346 e. The summed E-state index contributed by atoms with van der Waals surface area (Å²) in [6.07, 6.45) is 7.01. The highest BCUT2D eigenvalue weighted by Crippen LogP contribution is 2.30. The summed E-state index contributed by atoms with van der Waals surface area (Å²) in [5.41, 5.74) is 3.28. The van der Waals surface area contributed by atoms with Gasteiger partial charge in [0.25, 0.3) is 0 Å². The van der Waals surface area contributed by atoms with Gasteiger partial charge >= 0.3 is 0 Å². The molecule has 2 aromatic rings. The van der Waals surface area contributed by atoms with Crippen molar-refractivity contribution < 1.29 is 4.79 Å². The van der Waals surface area contributed by atoms with E-state index in [1.165, 1.54) is 30.3 Å². The molecule has 17 heavy (non-hydrogen) atoms. The molecule has 1 saturated carbocycles. The lowest BCUT2D eigenvalue weighted by molar-refractivity contribution is 0.112. The van der Waals surface area contributed by atoms with Gasteiger partial charge in [0, 0.05) is 29.2 Å². The van der Waals surface area contributed by atoms with E-state index in [0.29, 0.717) is 0 Å². The molecule has 1 aromatic carbocycles. The van der Waals surface area contributed by atoms with E-state index in [9.17, 15) is 4.79 Å². The van der Waals surface area contributed by atoms with Gasteiger partial charge in [-0.15, -0.1) is 0 Å². The number of benzene rings is 1. The Balaban J connectivity index is 2.08. The van der Waals surface area contributed by atoms with Crippen molar-refractivity contribution in [3.8, 4) is 0 Å². The molecule has 0 spiro atoms. The third-order valence-electron chi connectivity index (χ3n) is 3.88. The topological polar surface area (TPSA) is 22.0 Å². The van der Waals surface area contributed by atoms with Gasteiger partial charge < -0.3 is 4.57 Å². The van der Waals surface area contributed by atoms with Crippen molar-refractivity contribution in [3.63, 3.8) is 0 Å². The monoisotopic (exact) mass is 227 g/mol. The molecule has 0 unspecified atom stereocenters. The third kappa shape index (κ3) is 1.78. The van der Waals surface area contributed by atoms with E-state index in [1.807, 2.05) is 6.20 Å². The third-order valence-corrected chi connectivity index (χ3v) is 3.88. The van der Waals surface area contributed by atoms with Crippen LogP contribution < -0.4 is 0 Å². The lowest BCUT2D eigenvalue weighted by atomic mass is 9.85.